The molecular weight excluding hydrogens is 250 g/mol. The first-order valence-electron chi connectivity index (χ1n) is 7.51. The van der Waals surface area contributed by atoms with Crippen molar-refractivity contribution in [2.45, 2.75) is 33.2 Å². The van der Waals surface area contributed by atoms with Gasteiger partial charge in [0.25, 0.3) is 0 Å². The summed E-state index contributed by atoms with van der Waals surface area (Å²) in [5.74, 6) is 1.06. The first kappa shape index (κ1) is 15.0. The summed E-state index contributed by atoms with van der Waals surface area (Å²) in [4.78, 5) is 6.93. The van der Waals surface area contributed by atoms with Gasteiger partial charge in [0.1, 0.15) is 5.82 Å². The number of nitrogens with zero attached hydrogens (tertiary/aromatic N) is 3. The molecule has 0 radical (unpaired) electrons. The molecular formula is C16H25N3O. The van der Waals surface area contributed by atoms with Crippen LogP contribution >= 0.6 is 0 Å². The summed E-state index contributed by atoms with van der Waals surface area (Å²) in [5, 5.41) is 9.16. The molecule has 0 aliphatic carbocycles. The maximum Gasteiger partial charge on any atom is 0.106 e. The van der Waals surface area contributed by atoms with E-state index in [4.69, 9.17) is 5.11 Å². The van der Waals surface area contributed by atoms with Gasteiger partial charge in [-0.15, -0.1) is 0 Å². The molecule has 110 valence electrons. The number of aliphatic hydroxyl groups excluding tert-OH is 1. The average molecular weight is 275 g/mol. The fourth-order valence-electron chi connectivity index (χ4n) is 2.58. The Morgan fingerprint density at radius 2 is 2.00 bits per heavy atom. The maximum atomic E-state index is 9.16. The minimum absolute atomic E-state index is 0.230. The van der Waals surface area contributed by atoms with E-state index in [1.54, 1.807) is 0 Å². The molecule has 0 fully saturated rings. The van der Waals surface area contributed by atoms with Crippen molar-refractivity contribution in [1.82, 2.24) is 14.5 Å². The van der Waals surface area contributed by atoms with Gasteiger partial charge >= 0.3 is 0 Å². The molecule has 0 aliphatic heterocycles. The van der Waals surface area contributed by atoms with E-state index in [0.29, 0.717) is 0 Å². The second-order valence-electron chi connectivity index (χ2n) is 5.22. The van der Waals surface area contributed by atoms with Crippen LogP contribution < -0.4 is 0 Å². The van der Waals surface area contributed by atoms with E-state index in [0.717, 1.165) is 37.5 Å². The standard InChI is InChI=1S/C16H25N3O/c1-3-4-9-18(12-13-20)10-11-19-14(2)17-15-7-5-6-8-16(15)19/h5-8,20H,3-4,9-13H2,1-2H3. The van der Waals surface area contributed by atoms with Gasteiger partial charge in [-0.2, -0.15) is 0 Å². The second kappa shape index (κ2) is 7.41. The highest BCUT2D eigenvalue weighted by molar-refractivity contribution is 5.75. The molecule has 0 atom stereocenters. The lowest BCUT2D eigenvalue weighted by Gasteiger charge is -2.21. The van der Waals surface area contributed by atoms with Gasteiger partial charge in [-0.3, -0.25) is 4.90 Å². The molecule has 0 saturated carbocycles. The summed E-state index contributed by atoms with van der Waals surface area (Å²) in [6, 6.07) is 8.26. The number of aliphatic hydroxyl groups is 1. The number of rotatable bonds is 8. The van der Waals surface area contributed by atoms with Crippen molar-refractivity contribution in [1.29, 1.82) is 0 Å². The number of benzene rings is 1. The lowest BCUT2D eigenvalue weighted by atomic mass is 10.3. The zero-order valence-corrected chi connectivity index (χ0v) is 12.5. The van der Waals surface area contributed by atoms with Crippen LogP contribution in [0, 0.1) is 6.92 Å². The molecule has 1 N–H and O–H groups in total. The second-order valence-corrected chi connectivity index (χ2v) is 5.22. The molecule has 0 aliphatic rings. The number of aryl methyl sites for hydroxylation is 1. The Labute approximate surface area is 121 Å². The average Bonchev–Trinajstić information content (AvgIpc) is 2.77. The van der Waals surface area contributed by atoms with Gasteiger partial charge in [0.2, 0.25) is 0 Å². The van der Waals surface area contributed by atoms with Gasteiger partial charge < -0.3 is 9.67 Å². The minimum atomic E-state index is 0.230. The maximum absolute atomic E-state index is 9.16. The predicted molar refractivity (Wildman–Crippen MR) is 82.9 cm³/mol. The summed E-state index contributed by atoms with van der Waals surface area (Å²) < 4.78 is 2.27. The van der Waals surface area contributed by atoms with Crippen LogP contribution in [0.4, 0.5) is 0 Å². The molecule has 4 nitrogen and oxygen atoms in total. The third-order valence-corrected chi connectivity index (χ3v) is 3.73. The van der Waals surface area contributed by atoms with E-state index < -0.39 is 0 Å². The van der Waals surface area contributed by atoms with Crippen molar-refractivity contribution in [2.75, 3.05) is 26.2 Å². The number of para-hydroxylation sites is 2. The number of aromatic nitrogens is 2. The molecule has 2 rings (SSSR count). The normalized spacial score (nSPS) is 11.6. The summed E-state index contributed by atoms with van der Waals surface area (Å²) in [5.41, 5.74) is 2.26. The van der Waals surface area contributed by atoms with Gasteiger partial charge in [0.15, 0.2) is 0 Å². The molecule has 0 saturated heterocycles. The highest BCUT2D eigenvalue weighted by Gasteiger charge is 2.09. The first-order chi connectivity index (χ1) is 9.76. The molecule has 1 aromatic heterocycles. The summed E-state index contributed by atoms with van der Waals surface area (Å²) in [6.07, 6.45) is 2.37. The number of imidazole rings is 1. The van der Waals surface area contributed by atoms with Crippen molar-refractivity contribution < 1.29 is 5.11 Å². The van der Waals surface area contributed by atoms with Crippen molar-refractivity contribution in [2.24, 2.45) is 0 Å². The van der Waals surface area contributed by atoms with Crippen LogP contribution in [0.5, 0.6) is 0 Å². The van der Waals surface area contributed by atoms with Crippen LogP contribution in [-0.4, -0.2) is 45.8 Å². The van der Waals surface area contributed by atoms with Crippen LogP contribution in [-0.2, 0) is 6.54 Å². The molecule has 0 spiro atoms. The highest BCUT2D eigenvalue weighted by Crippen LogP contribution is 2.15. The number of hydrogen-bond acceptors (Lipinski definition) is 3. The van der Waals surface area contributed by atoms with E-state index in [1.165, 1.54) is 18.4 Å². The Morgan fingerprint density at radius 3 is 2.75 bits per heavy atom. The molecule has 1 heterocycles. The zero-order chi connectivity index (χ0) is 14.4. The van der Waals surface area contributed by atoms with Crippen LogP contribution in [0.25, 0.3) is 11.0 Å². The van der Waals surface area contributed by atoms with Crippen molar-refractivity contribution in [3.8, 4) is 0 Å². The van der Waals surface area contributed by atoms with E-state index in [-0.39, 0.29) is 6.61 Å². The number of fused-ring (bicyclic) bond motifs is 1. The van der Waals surface area contributed by atoms with Crippen LogP contribution in [0.2, 0.25) is 0 Å². The number of unbranched alkanes of at least 4 members (excludes halogenated alkanes) is 1. The monoisotopic (exact) mass is 275 g/mol. The molecule has 2 aromatic rings. The van der Waals surface area contributed by atoms with Crippen LogP contribution in [0.1, 0.15) is 25.6 Å². The lowest BCUT2D eigenvalue weighted by molar-refractivity contribution is 0.189. The third kappa shape index (κ3) is 3.58. The molecule has 0 amide bonds. The Morgan fingerprint density at radius 1 is 1.20 bits per heavy atom. The van der Waals surface area contributed by atoms with Gasteiger partial charge in [-0.05, 0) is 32.0 Å². The fraction of sp³-hybridized carbons (Fsp3) is 0.562. The lowest BCUT2D eigenvalue weighted by Crippen LogP contribution is -2.31. The minimum Gasteiger partial charge on any atom is -0.395 e. The van der Waals surface area contributed by atoms with Crippen molar-refractivity contribution in [3.63, 3.8) is 0 Å². The molecule has 20 heavy (non-hydrogen) atoms. The summed E-state index contributed by atoms with van der Waals surface area (Å²) in [6.45, 7) is 8.19. The molecule has 1 aromatic carbocycles. The molecule has 0 bridgehead atoms. The van der Waals surface area contributed by atoms with Gasteiger partial charge in [-0.1, -0.05) is 25.5 Å². The summed E-state index contributed by atoms with van der Waals surface area (Å²) >= 11 is 0. The predicted octanol–water partition coefficient (Wildman–Crippen LogP) is 2.44. The Kier molecular flexibility index (Phi) is 5.56. The molecule has 0 unspecified atom stereocenters. The van der Waals surface area contributed by atoms with Gasteiger partial charge in [0, 0.05) is 19.6 Å². The van der Waals surface area contributed by atoms with Gasteiger partial charge in [0.05, 0.1) is 17.6 Å². The van der Waals surface area contributed by atoms with Crippen molar-refractivity contribution >= 4 is 11.0 Å². The SMILES string of the molecule is CCCCN(CCO)CCn1c(C)nc2ccccc21. The van der Waals surface area contributed by atoms with E-state index in [9.17, 15) is 0 Å². The van der Waals surface area contributed by atoms with E-state index in [2.05, 4.69) is 46.5 Å². The zero-order valence-electron chi connectivity index (χ0n) is 12.5. The van der Waals surface area contributed by atoms with Crippen molar-refractivity contribution in [3.05, 3.63) is 30.1 Å². The highest BCUT2D eigenvalue weighted by atomic mass is 16.3. The van der Waals surface area contributed by atoms with Crippen LogP contribution in [0.15, 0.2) is 24.3 Å². The molecule has 4 heteroatoms. The van der Waals surface area contributed by atoms with E-state index in [1.807, 2.05) is 6.07 Å². The smallest absolute Gasteiger partial charge is 0.106 e. The Bertz CT molecular complexity index is 536. The number of hydrogen-bond donors (Lipinski definition) is 1. The Hall–Kier alpha value is -1.39. The topological polar surface area (TPSA) is 41.3 Å². The third-order valence-electron chi connectivity index (χ3n) is 3.73. The van der Waals surface area contributed by atoms with Crippen LogP contribution in [0.3, 0.4) is 0 Å². The first-order valence-corrected chi connectivity index (χ1v) is 7.51. The quantitative estimate of drug-likeness (QED) is 0.804. The summed E-state index contributed by atoms with van der Waals surface area (Å²) in [7, 11) is 0. The van der Waals surface area contributed by atoms with Gasteiger partial charge in [-0.25, -0.2) is 4.98 Å². The Balaban J connectivity index is 2.05. The van der Waals surface area contributed by atoms with E-state index >= 15 is 0 Å². The largest absolute Gasteiger partial charge is 0.395 e. The fourth-order valence-corrected chi connectivity index (χ4v) is 2.58.